The van der Waals surface area contributed by atoms with Gasteiger partial charge in [-0.3, -0.25) is 0 Å². The lowest BCUT2D eigenvalue weighted by Gasteiger charge is -2.38. The molecule has 0 saturated carbocycles. The maximum Gasteiger partial charge on any atom is 0.338 e. The van der Waals surface area contributed by atoms with Crippen molar-refractivity contribution in [2.45, 2.75) is 25.3 Å². The van der Waals surface area contributed by atoms with Crippen LogP contribution >= 0.6 is 0 Å². The highest BCUT2D eigenvalue weighted by molar-refractivity contribution is 5.90. The van der Waals surface area contributed by atoms with E-state index in [-0.39, 0.29) is 17.9 Å². The molecule has 0 unspecified atom stereocenters. The molecule has 3 atom stereocenters. The van der Waals surface area contributed by atoms with Crippen molar-refractivity contribution in [1.29, 1.82) is 0 Å². The third-order valence-electron chi connectivity index (χ3n) is 5.65. The van der Waals surface area contributed by atoms with Crippen molar-refractivity contribution in [2.24, 2.45) is 5.92 Å². The summed E-state index contributed by atoms with van der Waals surface area (Å²) < 4.78 is 16.2. The average Bonchev–Trinajstić information content (AvgIpc) is 3.23. The van der Waals surface area contributed by atoms with Crippen molar-refractivity contribution < 1.29 is 19.0 Å². The van der Waals surface area contributed by atoms with E-state index in [0.29, 0.717) is 18.1 Å². The summed E-state index contributed by atoms with van der Waals surface area (Å²) in [5.74, 6) is 1.92. The number of methoxy groups -OCH3 is 2. The Bertz CT molecular complexity index is 921. The number of anilines is 1. The van der Waals surface area contributed by atoms with E-state index < -0.39 is 0 Å². The lowest BCUT2D eigenvalue weighted by molar-refractivity contribution is 0.0526. The number of fused-ring (bicyclic) bond motifs is 3. The molecule has 0 fully saturated rings. The van der Waals surface area contributed by atoms with Gasteiger partial charge in [0.1, 0.15) is 11.5 Å². The number of nitrogens with one attached hydrogen (secondary N) is 1. The zero-order valence-corrected chi connectivity index (χ0v) is 16.4. The van der Waals surface area contributed by atoms with Crippen molar-refractivity contribution in [3.63, 3.8) is 0 Å². The third-order valence-corrected chi connectivity index (χ3v) is 5.65. The van der Waals surface area contributed by atoms with Crippen LogP contribution in [0.1, 0.15) is 46.8 Å². The molecule has 2 aliphatic rings. The van der Waals surface area contributed by atoms with Gasteiger partial charge in [-0.05, 0) is 55.2 Å². The van der Waals surface area contributed by atoms with Gasteiger partial charge in [0, 0.05) is 23.2 Å². The third kappa shape index (κ3) is 3.11. The highest BCUT2D eigenvalue weighted by Crippen LogP contribution is 2.51. The Kier molecular flexibility index (Phi) is 4.99. The number of hydrogen-bond acceptors (Lipinski definition) is 5. The molecule has 1 N–H and O–H groups in total. The number of carbonyl (C=O) groups excluding carboxylic acids is 1. The van der Waals surface area contributed by atoms with Gasteiger partial charge in [0.15, 0.2) is 0 Å². The van der Waals surface area contributed by atoms with Gasteiger partial charge in [-0.2, -0.15) is 0 Å². The minimum absolute atomic E-state index is 0.113. The second kappa shape index (κ2) is 7.58. The van der Waals surface area contributed by atoms with Gasteiger partial charge in [-0.1, -0.05) is 12.2 Å². The summed E-state index contributed by atoms with van der Waals surface area (Å²) in [5.41, 5.74) is 3.90. The summed E-state index contributed by atoms with van der Waals surface area (Å²) in [6.45, 7) is 2.19. The number of carbonyl (C=O) groups is 1. The summed E-state index contributed by atoms with van der Waals surface area (Å²) in [7, 11) is 3.34. The Hall–Kier alpha value is -2.95. The molecule has 0 aromatic heterocycles. The molecule has 5 heteroatoms. The smallest absolute Gasteiger partial charge is 0.338 e. The normalized spacial score (nSPS) is 22.0. The lowest BCUT2D eigenvalue weighted by atomic mass is 9.76. The number of ether oxygens (including phenoxy) is 3. The van der Waals surface area contributed by atoms with Gasteiger partial charge in [-0.25, -0.2) is 4.79 Å². The molecule has 28 heavy (non-hydrogen) atoms. The average molecular weight is 379 g/mol. The van der Waals surface area contributed by atoms with E-state index in [0.717, 1.165) is 34.7 Å². The van der Waals surface area contributed by atoms with Gasteiger partial charge < -0.3 is 19.5 Å². The summed E-state index contributed by atoms with van der Waals surface area (Å²) in [4.78, 5) is 12.2. The van der Waals surface area contributed by atoms with Gasteiger partial charge in [0.25, 0.3) is 0 Å². The number of rotatable bonds is 5. The SMILES string of the molecule is CCOC(=O)c1ccc2c(c1)[C@@H]1C=CC[C@@H]1[C@H](c1ccc(OC)cc1OC)N2. The minimum atomic E-state index is -0.275. The van der Waals surface area contributed by atoms with Crippen LogP contribution in [0.2, 0.25) is 0 Å². The van der Waals surface area contributed by atoms with Crippen LogP contribution < -0.4 is 14.8 Å². The second-order valence-corrected chi connectivity index (χ2v) is 7.11. The van der Waals surface area contributed by atoms with Crippen LogP contribution in [0.3, 0.4) is 0 Å². The maximum atomic E-state index is 12.2. The predicted molar refractivity (Wildman–Crippen MR) is 108 cm³/mol. The minimum Gasteiger partial charge on any atom is -0.497 e. The summed E-state index contributed by atoms with van der Waals surface area (Å²) >= 11 is 0. The molecule has 146 valence electrons. The Balaban J connectivity index is 1.73. The van der Waals surface area contributed by atoms with Crippen LogP contribution in [0.15, 0.2) is 48.6 Å². The van der Waals surface area contributed by atoms with E-state index in [1.54, 1.807) is 14.2 Å². The van der Waals surface area contributed by atoms with E-state index in [9.17, 15) is 4.79 Å². The number of benzene rings is 2. The molecule has 4 rings (SSSR count). The summed E-state index contributed by atoms with van der Waals surface area (Å²) in [6.07, 6.45) is 5.45. The van der Waals surface area contributed by atoms with E-state index >= 15 is 0 Å². The molecule has 0 radical (unpaired) electrons. The van der Waals surface area contributed by atoms with E-state index in [4.69, 9.17) is 14.2 Å². The van der Waals surface area contributed by atoms with Crippen molar-refractivity contribution in [3.8, 4) is 11.5 Å². The first kappa shape index (κ1) is 18.4. The second-order valence-electron chi connectivity index (χ2n) is 7.11. The Labute approximate surface area is 165 Å². The van der Waals surface area contributed by atoms with Gasteiger partial charge in [0.2, 0.25) is 0 Å². The van der Waals surface area contributed by atoms with Crippen LogP contribution in [-0.2, 0) is 4.74 Å². The van der Waals surface area contributed by atoms with Crippen LogP contribution in [0.25, 0.3) is 0 Å². The van der Waals surface area contributed by atoms with Gasteiger partial charge >= 0.3 is 5.97 Å². The number of esters is 1. The molecule has 0 spiro atoms. The van der Waals surface area contributed by atoms with Crippen LogP contribution in [0.5, 0.6) is 11.5 Å². The molecule has 1 aliphatic heterocycles. The number of hydrogen-bond donors (Lipinski definition) is 1. The van der Waals surface area contributed by atoms with Crippen LogP contribution in [0, 0.1) is 5.92 Å². The Morgan fingerprint density at radius 1 is 1.11 bits per heavy atom. The standard InChI is InChI=1S/C23H25NO4/c1-4-28-23(25)14-8-11-20-19(12-14)16-6-5-7-17(16)22(24-20)18-10-9-15(26-2)13-21(18)27-3/h5-6,8-13,16-17,22,24H,4,7H2,1-3H3/t16-,17+,22-/m1/s1. The van der Waals surface area contributed by atoms with Crippen molar-refractivity contribution in [2.75, 3.05) is 26.1 Å². The molecule has 1 aliphatic carbocycles. The first-order valence-corrected chi connectivity index (χ1v) is 9.62. The molecular formula is C23H25NO4. The quantitative estimate of drug-likeness (QED) is 0.602. The molecule has 0 saturated heterocycles. The first-order chi connectivity index (χ1) is 13.7. The summed E-state index contributed by atoms with van der Waals surface area (Å²) in [6, 6.07) is 11.8. The molecule has 2 aromatic rings. The summed E-state index contributed by atoms with van der Waals surface area (Å²) in [5, 5.41) is 3.68. The monoisotopic (exact) mass is 379 g/mol. The fraction of sp³-hybridized carbons (Fsp3) is 0.348. The van der Waals surface area contributed by atoms with Crippen LogP contribution in [0.4, 0.5) is 5.69 Å². The van der Waals surface area contributed by atoms with Crippen molar-refractivity contribution in [3.05, 3.63) is 65.2 Å². The highest BCUT2D eigenvalue weighted by Gasteiger charge is 2.39. The fourth-order valence-electron chi connectivity index (χ4n) is 4.32. The maximum absolute atomic E-state index is 12.2. The molecule has 1 heterocycles. The zero-order chi connectivity index (χ0) is 19.7. The van der Waals surface area contributed by atoms with Gasteiger partial charge in [-0.15, -0.1) is 0 Å². The highest BCUT2D eigenvalue weighted by atomic mass is 16.5. The molecular weight excluding hydrogens is 354 g/mol. The molecule has 0 amide bonds. The Morgan fingerprint density at radius 2 is 1.96 bits per heavy atom. The Morgan fingerprint density at radius 3 is 2.71 bits per heavy atom. The predicted octanol–water partition coefficient (Wildman–Crippen LogP) is 4.71. The van der Waals surface area contributed by atoms with E-state index in [1.165, 1.54) is 0 Å². The molecule has 5 nitrogen and oxygen atoms in total. The topological polar surface area (TPSA) is 56.8 Å². The lowest BCUT2D eigenvalue weighted by Crippen LogP contribution is -2.29. The van der Waals surface area contributed by atoms with E-state index in [2.05, 4.69) is 23.5 Å². The largest absolute Gasteiger partial charge is 0.497 e. The zero-order valence-electron chi connectivity index (χ0n) is 16.4. The van der Waals surface area contributed by atoms with Crippen molar-refractivity contribution >= 4 is 11.7 Å². The van der Waals surface area contributed by atoms with E-state index in [1.807, 2.05) is 37.3 Å². The number of allylic oxidation sites excluding steroid dienone is 2. The molecule has 0 bridgehead atoms. The van der Waals surface area contributed by atoms with Crippen molar-refractivity contribution in [1.82, 2.24) is 0 Å². The fourth-order valence-corrected chi connectivity index (χ4v) is 4.32. The first-order valence-electron chi connectivity index (χ1n) is 9.62. The van der Waals surface area contributed by atoms with Crippen LogP contribution in [-0.4, -0.2) is 26.8 Å². The molecule has 2 aromatic carbocycles. The van der Waals surface area contributed by atoms with Gasteiger partial charge in [0.05, 0.1) is 32.4 Å².